The molecule has 0 spiro atoms. The molecule has 102 valence electrons. The number of fused-ring (bicyclic) bond motifs is 1. The molecule has 0 saturated heterocycles. The van der Waals surface area contributed by atoms with Crippen LogP contribution in [0.5, 0.6) is 0 Å². The Morgan fingerprint density at radius 3 is 2.84 bits per heavy atom. The first-order valence-electron chi connectivity index (χ1n) is 7.05. The van der Waals surface area contributed by atoms with Crippen LogP contribution in [-0.4, -0.2) is 14.5 Å². The molecule has 0 aliphatic heterocycles. The van der Waals surface area contributed by atoms with Crippen LogP contribution in [0.2, 0.25) is 0 Å². The topological polar surface area (TPSA) is 30.7 Å². The van der Waals surface area contributed by atoms with Gasteiger partial charge in [-0.15, -0.1) is 11.6 Å². The van der Waals surface area contributed by atoms with Crippen molar-refractivity contribution in [3.05, 3.63) is 23.7 Å². The van der Waals surface area contributed by atoms with Crippen LogP contribution in [0.3, 0.4) is 0 Å². The first-order chi connectivity index (χ1) is 9.08. The predicted octanol–water partition coefficient (Wildman–Crippen LogP) is 4.40. The number of rotatable bonds is 2. The molecule has 1 saturated carbocycles. The molecule has 19 heavy (non-hydrogen) atoms. The lowest BCUT2D eigenvalue weighted by atomic mass is 10.1. The molecule has 0 aromatic carbocycles. The van der Waals surface area contributed by atoms with Crippen molar-refractivity contribution in [1.82, 2.24) is 14.5 Å². The van der Waals surface area contributed by atoms with Crippen molar-refractivity contribution in [3.63, 3.8) is 0 Å². The van der Waals surface area contributed by atoms with Gasteiger partial charge in [0.15, 0.2) is 5.65 Å². The average Bonchev–Trinajstić information content (AvgIpc) is 2.93. The van der Waals surface area contributed by atoms with Crippen LogP contribution in [0.1, 0.15) is 55.9 Å². The summed E-state index contributed by atoms with van der Waals surface area (Å²) in [5.74, 6) is 1.75. The maximum atomic E-state index is 6.34. The molecule has 3 unspecified atom stereocenters. The summed E-state index contributed by atoms with van der Waals surface area (Å²) in [4.78, 5) is 9.31. The van der Waals surface area contributed by atoms with Gasteiger partial charge in [0.25, 0.3) is 0 Å². The lowest BCUT2D eigenvalue weighted by molar-refractivity contribution is 0.485. The minimum absolute atomic E-state index is 0.0792. The van der Waals surface area contributed by atoms with Crippen molar-refractivity contribution in [2.75, 3.05) is 0 Å². The number of hydrogen-bond acceptors (Lipinski definition) is 2. The Morgan fingerprint density at radius 1 is 1.42 bits per heavy atom. The largest absolute Gasteiger partial charge is 0.308 e. The molecule has 0 radical (unpaired) electrons. The van der Waals surface area contributed by atoms with Crippen molar-refractivity contribution in [2.24, 2.45) is 5.92 Å². The summed E-state index contributed by atoms with van der Waals surface area (Å²) in [6, 6.07) is 2.52. The highest BCUT2D eigenvalue weighted by molar-refractivity contribution is 6.20. The van der Waals surface area contributed by atoms with Crippen molar-refractivity contribution in [2.45, 2.75) is 51.5 Å². The third kappa shape index (κ3) is 2.14. The molecule has 4 heteroatoms. The molecular formula is C15H20ClN3. The quantitative estimate of drug-likeness (QED) is 0.762. The van der Waals surface area contributed by atoms with E-state index in [4.69, 9.17) is 16.6 Å². The predicted molar refractivity (Wildman–Crippen MR) is 78.6 cm³/mol. The van der Waals surface area contributed by atoms with E-state index in [1.165, 1.54) is 24.8 Å². The second-order valence-corrected chi connectivity index (χ2v) is 6.48. The summed E-state index contributed by atoms with van der Waals surface area (Å²) < 4.78 is 2.30. The van der Waals surface area contributed by atoms with Gasteiger partial charge in [-0.2, -0.15) is 0 Å². The van der Waals surface area contributed by atoms with E-state index in [0.717, 1.165) is 22.9 Å². The van der Waals surface area contributed by atoms with Crippen LogP contribution in [0, 0.1) is 12.8 Å². The number of pyridine rings is 1. The maximum absolute atomic E-state index is 6.34. The van der Waals surface area contributed by atoms with Gasteiger partial charge in [0.05, 0.1) is 5.38 Å². The van der Waals surface area contributed by atoms with Gasteiger partial charge >= 0.3 is 0 Å². The monoisotopic (exact) mass is 277 g/mol. The minimum Gasteiger partial charge on any atom is -0.308 e. The highest BCUT2D eigenvalue weighted by Gasteiger charge is 2.28. The Kier molecular flexibility index (Phi) is 3.25. The van der Waals surface area contributed by atoms with E-state index in [2.05, 4.69) is 23.4 Å². The van der Waals surface area contributed by atoms with Crippen LogP contribution >= 0.6 is 11.6 Å². The third-order valence-corrected chi connectivity index (χ3v) is 4.39. The molecule has 2 aromatic rings. The van der Waals surface area contributed by atoms with E-state index in [1.54, 1.807) is 0 Å². The first kappa shape index (κ1) is 12.9. The molecule has 3 atom stereocenters. The Morgan fingerprint density at radius 2 is 2.21 bits per heavy atom. The molecular weight excluding hydrogens is 258 g/mol. The van der Waals surface area contributed by atoms with E-state index in [0.29, 0.717) is 6.04 Å². The molecule has 1 fully saturated rings. The minimum atomic E-state index is -0.0792. The molecule has 1 aliphatic carbocycles. The normalized spacial score (nSPS) is 25.1. The standard InChI is InChI=1S/C15H20ClN3/c1-9-4-5-12(8-9)19-14(11(3)16)18-13-10(2)6-7-17-15(13)19/h6-7,9,11-12H,4-5,8H2,1-3H3. The second kappa shape index (κ2) is 4.78. The Balaban J connectivity index is 2.20. The lowest BCUT2D eigenvalue weighted by Crippen LogP contribution is -2.10. The molecule has 0 bridgehead atoms. The Hall–Kier alpha value is -1.09. The number of nitrogens with zero attached hydrogens (tertiary/aromatic N) is 3. The molecule has 0 N–H and O–H groups in total. The zero-order valence-corrected chi connectivity index (χ0v) is 12.5. The van der Waals surface area contributed by atoms with Crippen LogP contribution in [0.4, 0.5) is 0 Å². The first-order valence-corrected chi connectivity index (χ1v) is 7.49. The highest BCUT2D eigenvalue weighted by Crippen LogP contribution is 2.38. The number of aromatic nitrogens is 3. The number of alkyl halides is 1. The summed E-state index contributed by atoms with van der Waals surface area (Å²) in [5, 5.41) is -0.0792. The van der Waals surface area contributed by atoms with E-state index in [-0.39, 0.29) is 5.38 Å². The van der Waals surface area contributed by atoms with E-state index < -0.39 is 0 Å². The highest BCUT2D eigenvalue weighted by atomic mass is 35.5. The molecule has 2 heterocycles. The van der Waals surface area contributed by atoms with Gasteiger partial charge in [0.1, 0.15) is 11.3 Å². The molecule has 2 aromatic heterocycles. The third-order valence-electron chi connectivity index (χ3n) is 4.20. The zero-order valence-electron chi connectivity index (χ0n) is 11.7. The van der Waals surface area contributed by atoms with Gasteiger partial charge in [-0.1, -0.05) is 6.92 Å². The second-order valence-electron chi connectivity index (χ2n) is 5.83. The fraction of sp³-hybridized carbons (Fsp3) is 0.600. The molecule has 3 nitrogen and oxygen atoms in total. The summed E-state index contributed by atoms with van der Waals surface area (Å²) in [6.45, 7) is 6.40. The van der Waals surface area contributed by atoms with Crippen molar-refractivity contribution < 1.29 is 0 Å². The fourth-order valence-electron chi connectivity index (χ4n) is 3.18. The number of imidazole rings is 1. The SMILES string of the molecule is Cc1ccnc2c1nc(C(C)Cl)n2C1CCC(C)C1. The van der Waals surface area contributed by atoms with Crippen molar-refractivity contribution >= 4 is 22.8 Å². The number of halogens is 1. The van der Waals surface area contributed by atoms with Crippen LogP contribution in [-0.2, 0) is 0 Å². The van der Waals surface area contributed by atoms with Gasteiger partial charge in [0, 0.05) is 12.2 Å². The van der Waals surface area contributed by atoms with Gasteiger partial charge in [-0.3, -0.25) is 0 Å². The fourth-order valence-corrected chi connectivity index (χ4v) is 3.33. The van der Waals surface area contributed by atoms with Crippen LogP contribution in [0.25, 0.3) is 11.2 Å². The van der Waals surface area contributed by atoms with Crippen LogP contribution < -0.4 is 0 Å². The summed E-state index contributed by atoms with van der Waals surface area (Å²) in [7, 11) is 0. The van der Waals surface area contributed by atoms with E-state index >= 15 is 0 Å². The smallest absolute Gasteiger partial charge is 0.160 e. The lowest BCUT2D eigenvalue weighted by Gasteiger charge is -2.17. The van der Waals surface area contributed by atoms with Gasteiger partial charge in [-0.25, -0.2) is 9.97 Å². The molecule has 3 rings (SSSR count). The average molecular weight is 278 g/mol. The van der Waals surface area contributed by atoms with Gasteiger partial charge < -0.3 is 4.57 Å². The summed E-state index contributed by atoms with van der Waals surface area (Å²) in [5.41, 5.74) is 3.18. The van der Waals surface area contributed by atoms with E-state index in [1.807, 2.05) is 19.2 Å². The molecule has 1 aliphatic rings. The molecule has 0 amide bonds. The number of aryl methyl sites for hydroxylation is 1. The Labute approximate surface area is 119 Å². The van der Waals surface area contributed by atoms with Crippen LogP contribution in [0.15, 0.2) is 12.3 Å². The Bertz CT molecular complexity index is 603. The summed E-state index contributed by atoms with van der Waals surface area (Å²) >= 11 is 6.34. The maximum Gasteiger partial charge on any atom is 0.160 e. The zero-order chi connectivity index (χ0) is 13.6. The van der Waals surface area contributed by atoms with E-state index in [9.17, 15) is 0 Å². The van der Waals surface area contributed by atoms with Gasteiger partial charge in [-0.05, 0) is 50.7 Å². The summed E-state index contributed by atoms with van der Waals surface area (Å²) in [6.07, 6.45) is 5.57. The van der Waals surface area contributed by atoms with Gasteiger partial charge in [0.2, 0.25) is 0 Å². The number of hydrogen-bond donors (Lipinski definition) is 0. The van der Waals surface area contributed by atoms with Crippen molar-refractivity contribution in [1.29, 1.82) is 0 Å². The van der Waals surface area contributed by atoms with Crippen molar-refractivity contribution in [3.8, 4) is 0 Å².